The fourth-order valence-corrected chi connectivity index (χ4v) is 9.24. The molecule has 2 aromatic heterocycles. The first kappa shape index (κ1) is 10.3. The van der Waals surface area contributed by atoms with E-state index >= 15 is 0 Å². The third kappa shape index (κ3) is 1.40. The molecule has 0 aromatic carbocycles. The normalized spacial score (nSPS) is 13.9. The summed E-state index contributed by atoms with van der Waals surface area (Å²) in [6.45, 7) is 4.62. The Labute approximate surface area is 103 Å². The number of pyridine rings is 2. The Morgan fingerprint density at radius 2 is 1.44 bits per heavy atom. The van der Waals surface area contributed by atoms with Gasteiger partial charge in [0.25, 0.3) is 0 Å². The fourth-order valence-electron chi connectivity index (χ4n) is 2.19. The van der Waals surface area contributed by atoms with Crippen LogP contribution in [0.5, 0.6) is 0 Å². The summed E-state index contributed by atoms with van der Waals surface area (Å²) in [5, 5.41) is 0. The molecule has 0 saturated heterocycles. The van der Waals surface area contributed by atoms with Crippen molar-refractivity contribution in [3.63, 3.8) is 0 Å². The standard InChI is InChI=1S/C10H6N2.C3H7.Sb/c1-3-9(7-11-5-1)10-4-2-6-12-8-10;1-3-2;/h1-6H;3H,1-2H3;. The van der Waals surface area contributed by atoms with E-state index in [9.17, 15) is 0 Å². The summed E-state index contributed by atoms with van der Waals surface area (Å²) < 4.78 is 3.45. The number of hydrogen-bond acceptors (Lipinski definition) is 2. The van der Waals surface area contributed by atoms with E-state index in [0.29, 0.717) is 3.86 Å². The van der Waals surface area contributed by atoms with E-state index in [1.54, 1.807) is 0 Å². The van der Waals surface area contributed by atoms with Crippen LogP contribution in [0.25, 0.3) is 11.1 Å². The second kappa shape index (κ2) is 3.85. The summed E-state index contributed by atoms with van der Waals surface area (Å²) in [5.74, 6) is 0. The molecule has 0 radical (unpaired) electrons. The second-order valence-electron chi connectivity index (χ2n) is 4.21. The number of hydrogen-bond donors (Lipinski definition) is 0. The van der Waals surface area contributed by atoms with Gasteiger partial charge in [0.05, 0.1) is 0 Å². The van der Waals surface area contributed by atoms with Gasteiger partial charge < -0.3 is 0 Å². The zero-order chi connectivity index (χ0) is 11.1. The minimum atomic E-state index is -1.66. The molecule has 0 fully saturated rings. The Bertz CT molecular complexity index is 491. The molecule has 80 valence electrons. The van der Waals surface area contributed by atoms with E-state index in [2.05, 4.69) is 35.9 Å². The number of rotatable bonds is 1. The van der Waals surface area contributed by atoms with Gasteiger partial charge in [-0.05, 0) is 0 Å². The summed E-state index contributed by atoms with van der Waals surface area (Å²) in [6.07, 6.45) is 3.84. The van der Waals surface area contributed by atoms with Crippen molar-refractivity contribution in [3.8, 4) is 11.1 Å². The zero-order valence-corrected chi connectivity index (χ0v) is 11.9. The molecule has 0 bridgehead atoms. The van der Waals surface area contributed by atoms with Crippen molar-refractivity contribution in [1.82, 2.24) is 9.97 Å². The molecule has 3 heteroatoms. The monoisotopic (exact) mass is 318 g/mol. The minimum absolute atomic E-state index is 0.716. The van der Waals surface area contributed by atoms with Crippen LogP contribution in [0, 0.1) is 0 Å². The number of nitrogens with zero attached hydrogens (tertiary/aromatic N) is 2. The Balaban J connectivity index is 2.30. The van der Waals surface area contributed by atoms with Crippen molar-refractivity contribution in [2.75, 3.05) is 0 Å². The first-order valence-electron chi connectivity index (χ1n) is 5.48. The molecule has 0 atom stereocenters. The Hall–Kier alpha value is -0.882. The maximum atomic E-state index is 4.62. The van der Waals surface area contributed by atoms with Gasteiger partial charge in [0.2, 0.25) is 0 Å². The fraction of sp³-hybridized carbons (Fsp3) is 0.231. The van der Waals surface area contributed by atoms with Crippen LogP contribution >= 0.6 is 0 Å². The van der Waals surface area contributed by atoms with Crippen molar-refractivity contribution in [1.29, 1.82) is 0 Å². The summed E-state index contributed by atoms with van der Waals surface area (Å²) in [4.78, 5) is 9.24. The van der Waals surface area contributed by atoms with Crippen LogP contribution < -0.4 is 7.28 Å². The van der Waals surface area contributed by atoms with Crippen molar-refractivity contribution in [2.24, 2.45) is 0 Å². The van der Waals surface area contributed by atoms with E-state index in [4.69, 9.17) is 0 Å². The van der Waals surface area contributed by atoms with Crippen molar-refractivity contribution < 1.29 is 0 Å². The van der Waals surface area contributed by atoms with E-state index in [-0.39, 0.29) is 0 Å². The molecule has 0 unspecified atom stereocenters. The topological polar surface area (TPSA) is 25.8 Å². The van der Waals surface area contributed by atoms with Crippen molar-refractivity contribution in [3.05, 3.63) is 36.7 Å². The quantitative estimate of drug-likeness (QED) is 0.744. The predicted octanol–water partition coefficient (Wildman–Crippen LogP) is 1.48. The molecule has 0 spiro atoms. The second-order valence-corrected chi connectivity index (χ2v) is 11.7. The first-order valence-corrected chi connectivity index (χ1v) is 9.51. The third-order valence-corrected chi connectivity index (χ3v) is 10.4. The van der Waals surface area contributed by atoms with Crippen LogP contribution in [0.3, 0.4) is 0 Å². The Morgan fingerprint density at radius 3 is 1.88 bits per heavy atom. The molecule has 2 nitrogen and oxygen atoms in total. The van der Waals surface area contributed by atoms with Crippen LogP contribution in [-0.2, 0) is 0 Å². The van der Waals surface area contributed by atoms with Gasteiger partial charge in [-0.25, -0.2) is 0 Å². The summed E-state index contributed by atoms with van der Waals surface area (Å²) in [5.41, 5.74) is 2.67. The van der Waals surface area contributed by atoms with Gasteiger partial charge in [-0.15, -0.1) is 0 Å². The Morgan fingerprint density at radius 1 is 0.938 bits per heavy atom. The van der Waals surface area contributed by atoms with E-state index < -0.39 is 20.2 Å². The van der Waals surface area contributed by atoms with Crippen LogP contribution in [0.4, 0.5) is 0 Å². The van der Waals surface area contributed by atoms with Gasteiger partial charge >= 0.3 is 103 Å². The first-order chi connectivity index (χ1) is 7.79. The molecule has 1 aliphatic rings. The van der Waals surface area contributed by atoms with E-state index in [1.165, 1.54) is 18.4 Å². The molecular weight excluding hydrogens is 306 g/mol. The van der Waals surface area contributed by atoms with Crippen molar-refractivity contribution in [2.45, 2.75) is 17.7 Å². The van der Waals surface area contributed by atoms with E-state index in [0.717, 1.165) is 0 Å². The molecule has 16 heavy (non-hydrogen) atoms. The average molecular weight is 319 g/mol. The van der Waals surface area contributed by atoms with Crippen LogP contribution in [0.2, 0.25) is 3.86 Å². The molecule has 0 N–H and O–H groups in total. The molecule has 3 heterocycles. The molecule has 0 saturated carbocycles. The molecular formula is C13H13N2Sb. The third-order valence-electron chi connectivity index (χ3n) is 2.84. The van der Waals surface area contributed by atoms with Crippen LogP contribution in [0.1, 0.15) is 13.8 Å². The Kier molecular flexibility index (Phi) is 2.47. The van der Waals surface area contributed by atoms with Gasteiger partial charge in [-0.2, -0.15) is 0 Å². The molecule has 0 aliphatic carbocycles. The zero-order valence-electron chi connectivity index (χ0n) is 9.38. The van der Waals surface area contributed by atoms with Gasteiger partial charge in [0.15, 0.2) is 0 Å². The van der Waals surface area contributed by atoms with Gasteiger partial charge in [0, 0.05) is 0 Å². The maximum absolute atomic E-state index is 4.62. The summed E-state index contributed by atoms with van der Waals surface area (Å²) in [7, 11) is 0. The van der Waals surface area contributed by atoms with Gasteiger partial charge in [-0.1, -0.05) is 0 Å². The van der Waals surface area contributed by atoms with Gasteiger partial charge in [-0.3, -0.25) is 0 Å². The molecule has 1 aliphatic heterocycles. The molecule has 3 rings (SSSR count). The summed E-state index contributed by atoms with van der Waals surface area (Å²) in [6, 6.07) is 8.44. The molecule has 0 amide bonds. The molecule has 2 aromatic rings. The summed E-state index contributed by atoms with van der Waals surface area (Å²) >= 11 is -1.66. The predicted molar refractivity (Wildman–Crippen MR) is 67.6 cm³/mol. The number of fused-ring (bicyclic) bond motifs is 3. The van der Waals surface area contributed by atoms with Gasteiger partial charge in [0.1, 0.15) is 0 Å². The average Bonchev–Trinajstić information content (AvgIpc) is 2.63. The SMILES string of the molecule is C[CH](C)[Sb]1[c]2ncccc2-c2cccn[c]21. The van der Waals surface area contributed by atoms with Crippen LogP contribution in [0.15, 0.2) is 36.7 Å². The van der Waals surface area contributed by atoms with Crippen LogP contribution in [-0.4, -0.2) is 30.2 Å². The number of aromatic nitrogens is 2. The van der Waals surface area contributed by atoms with Crippen molar-refractivity contribution >= 4 is 27.5 Å². The van der Waals surface area contributed by atoms with E-state index in [1.807, 2.05) is 24.5 Å².